The van der Waals surface area contributed by atoms with Gasteiger partial charge in [0, 0.05) is 18.3 Å². The van der Waals surface area contributed by atoms with Gasteiger partial charge >= 0.3 is 0 Å². The Labute approximate surface area is 135 Å². The number of aryl methyl sites for hydroxylation is 1. The van der Waals surface area contributed by atoms with Crippen molar-refractivity contribution in [2.24, 2.45) is 5.92 Å². The summed E-state index contributed by atoms with van der Waals surface area (Å²) in [5.41, 5.74) is 0.788. The lowest BCUT2D eigenvalue weighted by Crippen LogP contribution is -2.16. The molecule has 6 heteroatoms. The highest BCUT2D eigenvalue weighted by atomic mass is 19.1. The summed E-state index contributed by atoms with van der Waals surface area (Å²) in [4.78, 5) is 20.7. The van der Waals surface area contributed by atoms with Crippen LogP contribution in [0.15, 0.2) is 30.3 Å². The van der Waals surface area contributed by atoms with Gasteiger partial charge in [0.25, 0.3) is 5.91 Å². The lowest BCUT2D eigenvalue weighted by Gasteiger charge is -2.10. The summed E-state index contributed by atoms with van der Waals surface area (Å²) in [7, 11) is 0. The SMILES string of the molecule is Cc1nc(NCCC(C)C)cc(C(=O)Nc2ccc(F)cc2)n1. The Bertz CT molecular complexity index is 671. The first-order chi connectivity index (χ1) is 10.9. The molecule has 0 aliphatic rings. The third-order valence-electron chi connectivity index (χ3n) is 3.20. The molecule has 2 N–H and O–H groups in total. The monoisotopic (exact) mass is 316 g/mol. The number of anilines is 2. The fourth-order valence-corrected chi connectivity index (χ4v) is 1.99. The van der Waals surface area contributed by atoms with E-state index in [4.69, 9.17) is 0 Å². The summed E-state index contributed by atoms with van der Waals surface area (Å²) in [5, 5.41) is 5.89. The fraction of sp³-hybridized carbons (Fsp3) is 0.353. The van der Waals surface area contributed by atoms with E-state index in [0.717, 1.165) is 13.0 Å². The van der Waals surface area contributed by atoms with Gasteiger partial charge in [-0.05, 0) is 43.5 Å². The molecule has 0 radical (unpaired) electrons. The van der Waals surface area contributed by atoms with Gasteiger partial charge in [-0.3, -0.25) is 4.79 Å². The van der Waals surface area contributed by atoms with Crippen molar-refractivity contribution in [3.05, 3.63) is 47.7 Å². The lowest BCUT2D eigenvalue weighted by molar-refractivity contribution is 0.102. The van der Waals surface area contributed by atoms with Crippen molar-refractivity contribution in [2.45, 2.75) is 27.2 Å². The number of nitrogens with zero attached hydrogens (tertiary/aromatic N) is 2. The third kappa shape index (κ3) is 5.32. The topological polar surface area (TPSA) is 66.9 Å². The maximum atomic E-state index is 12.9. The molecule has 5 nitrogen and oxygen atoms in total. The number of carbonyl (C=O) groups is 1. The average Bonchev–Trinajstić information content (AvgIpc) is 2.48. The van der Waals surface area contributed by atoms with E-state index in [0.29, 0.717) is 23.2 Å². The highest BCUT2D eigenvalue weighted by Gasteiger charge is 2.11. The second kappa shape index (κ2) is 7.67. The molecule has 0 aliphatic heterocycles. The van der Waals surface area contributed by atoms with Gasteiger partial charge in [-0.1, -0.05) is 13.8 Å². The number of amides is 1. The zero-order valence-corrected chi connectivity index (χ0v) is 13.6. The number of rotatable bonds is 6. The Kier molecular flexibility index (Phi) is 5.62. The first-order valence-corrected chi connectivity index (χ1v) is 7.60. The van der Waals surface area contributed by atoms with Crippen LogP contribution in [0.5, 0.6) is 0 Å². The van der Waals surface area contributed by atoms with Gasteiger partial charge in [0.15, 0.2) is 0 Å². The molecule has 0 atom stereocenters. The van der Waals surface area contributed by atoms with Gasteiger partial charge in [0.05, 0.1) is 0 Å². The summed E-state index contributed by atoms with van der Waals surface area (Å²) in [6, 6.07) is 7.21. The van der Waals surface area contributed by atoms with Crippen LogP contribution in [0.4, 0.5) is 15.9 Å². The smallest absolute Gasteiger partial charge is 0.274 e. The Balaban J connectivity index is 2.07. The van der Waals surface area contributed by atoms with E-state index >= 15 is 0 Å². The van der Waals surface area contributed by atoms with E-state index in [1.807, 2.05) is 0 Å². The first-order valence-electron chi connectivity index (χ1n) is 7.60. The van der Waals surface area contributed by atoms with Crippen LogP contribution in [0.1, 0.15) is 36.6 Å². The molecular formula is C17H21FN4O. The number of hydrogen-bond donors (Lipinski definition) is 2. The molecule has 23 heavy (non-hydrogen) atoms. The van der Waals surface area contributed by atoms with Crippen LogP contribution < -0.4 is 10.6 Å². The van der Waals surface area contributed by atoms with Crippen LogP contribution in [0.3, 0.4) is 0 Å². The molecule has 0 aliphatic carbocycles. The molecule has 122 valence electrons. The predicted octanol–water partition coefficient (Wildman–Crippen LogP) is 3.63. The number of carbonyl (C=O) groups excluding carboxylic acids is 1. The molecule has 0 saturated heterocycles. The maximum absolute atomic E-state index is 12.9. The Morgan fingerprint density at radius 3 is 2.57 bits per heavy atom. The van der Waals surface area contributed by atoms with Gasteiger partial charge in [-0.2, -0.15) is 0 Å². The normalized spacial score (nSPS) is 10.7. The number of nitrogens with one attached hydrogen (secondary N) is 2. The molecular weight excluding hydrogens is 295 g/mol. The van der Waals surface area contributed by atoms with Gasteiger partial charge in [-0.25, -0.2) is 14.4 Å². The van der Waals surface area contributed by atoms with Gasteiger partial charge in [0.1, 0.15) is 23.2 Å². The number of aromatic nitrogens is 2. The molecule has 0 fully saturated rings. The van der Waals surface area contributed by atoms with E-state index in [-0.39, 0.29) is 17.4 Å². The fourth-order valence-electron chi connectivity index (χ4n) is 1.99. The molecule has 0 saturated carbocycles. The largest absolute Gasteiger partial charge is 0.370 e. The zero-order chi connectivity index (χ0) is 16.8. The predicted molar refractivity (Wildman–Crippen MR) is 89.1 cm³/mol. The molecule has 0 bridgehead atoms. The van der Waals surface area contributed by atoms with Crippen molar-refractivity contribution in [3.8, 4) is 0 Å². The van der Waals surface area contributed by atoms with E-state index < -0.39 is 0 Å². The maximum Gasteiger partial charge on any atom is 0.274 e. The Morgan fingerprint density at radius 2 is 1.91 bits per heavy atom. The van der Waals surface area contributed by atoms with Gasteiger partial charge in [-0.15, -0.1) is 0 Å². The van der Waals surface area contributed by atoms with Crippen LogP contribution in [0.2, 0.25) is 0 Å². The van der Waals surface area contributed by atoms with Crippen molar-refractivity contribution in [3.63, 3.8) is 0 Å². The number of benzene rings is 1. The minimum Gasteiger partial charge on any atom is -0.370 e. The summed E-state index contributed by atoms with van der Waals surface area (Å²) < 4.78 is 12.9. The van der Waals surface area contributed by atoms with E-state index in [2.05, 4.69) is 34.4 Å². The minimum atomic E-state index is -0.353. The molecule has 2 aromatic rings. The van der Waals surface area contributed by atoms with Crippen molar-refractivity contribution < 1.29 is 9.18 Å². The first kappa shape index (κ1) is 16.9. The molecule has 1 heterocycles. The van der Waals surface area contributed by atoms with Crippen LogP contribution in [-0.2, 0) is 0 Å². The van der Waals surface area contributed by atoms with Crippen LogP contribution >= 0.6 is 0 Å². The second-order valence-corrected chi connectivity index (χ2v) is 5.76. The standard InChI is InChI=1S/C17H21FN4O/c1-11(2)8-9-19-16-10-15(20-12(3)21-16)17(23)22-14-6-4-13(18)5-7-14/h4-7,10-11H,8-9H2,1-3H3,(H,22,23)(H,19,20,21). The van der Waals surface area contributed by atoms with Crippen LogP contribution in [0.25, 0.3) is 0 Å². The summed E-state index contributed by atoms with van der Waals surface area (Å²) in [6.45, 7) is 6.82. The molecule has 1 amide bonds. The highest BCUT2D eigenvalue weighted by molar-refractivity contribution is 6.03. The molecule has 0 spiro atoms. The highest BCUT2D eigenvalue weighted by Crippen LogP contribution is 2.12. The molecule has 1 aromatic carbocycles. The number of hydrogen-bond acceptors (Lipinski definition) is 4. The average molecular weight is 316 g/mol. The van der Waals surface area contributed by atoms with E-state index in [9.17, 15) is 9.18 Å². The van der Waals surface area contributed by atoms with Crippen LogP contribution in [-0.4, -0.2) is 22.4 Å². The molecule has 0 unspecified atom stereocenters. The third-order valence-corrected chi connectivity index (χ3v) is 3.20. The minimum absolute atomic E-state index is 0.272. The van der Waals surface area contributed by atoms with E-state index in [1.165, 1.54) is 24.3 Å². The number of halogens is 1. The Morgan fingerprint density at radius 1 is 1.22 bits per heavy atom. The van der Waals surface area contributed by atoms with Crippen molar-refractivity contribution in [1.29, 1.82) is 0 Å². The van der Waals surface area contributed by atoms with Gasteiger partial charge < -0.3 is 10.6 Å². The van der Waals surface area contributed by atoms with Gasteiger partial charge in [0.2, 0.25) is 0 Å². The summed E-state index contributed by atoms with van der Waals surface area (Å²) in [6.07, 6.45) is 1.01. The van der Waals surface area contributed by atoms with E-state index in [1.54, 1.807) is 13.0 Å². The molecule has 2 rings (SSSR count). The summed E-state index contributed by atoms with van der Waals surface area (Å²) >= 11 is 0. The molecule has 1 aromatic heterocycles. The quantitative estimate of drug-likeness (QED) is 0.854. The lowest BCUT2D eigenvalue weighted by atomic mass is 10.1. The zero-order valence-electron chi connectivity index (χ0n) is 13.6. The van der Waals surface area contributed by atoms with Crippen molar-refractivity contribution in [2.75, 3.05) is 17.2 Å². The van der Waals surface area contributed by atoms with Crippen molar-refractivity contribution >= 4 is 17.4 Å². The summed E-state index contributed by atoms with van der Waals surface area (Å²) in [5.74, 6) is 1.03. The second-order valence-electron chi connectivity index (χ2n) is 5.76. The van der Waals surface area contributed by atoms with Crippen molar-refractivity contribution in [1.82, 2.24) is 9.97 Å². The Hall–Kier alpha value is -2.50. The van der Waals surface area contributed by atoms with Crippen LogP contribution in [0, 0.1) is 18.7 Å².